The number of fused-ring (bicyclic) bond motifs is 2. The Morgan fingerprint density at radius 1 is 1.21 bits per heavy atom. The Labute approximate surface area is 170 Å². The SMILES string of the molecule is CCC1=Cc2ncc(CN3CCN(c4ccc(C#N)nc4)[C@@H]4CC[C@@H]43)cc2NO1. The maximum absolute atomic E-state index is 8.97. The first-order valence-electron chi connectivity index (χ1n) is 10.2. The Bertz CT molecular complexity index is 980. The first-order chi connectivity index (χ1) is 14.2. The molecular weight excluding hydrogens is 364 g/mol. The first kappa shape index (κ1) is 18.0. The summed E-state index contributed by atoms with van der Waals surface area (Å²) in [5.41, 5.74) is 7.69. The van der Waals surface area contributed by atoms with Crippen molar-refractivity contribution in [2.75, 3.05) is 23.5 Å². The molecule has 2 aliphatic heterocycles. The van der Waals surface area contributed by atoms with Crippen LogP contribution in [0, 0.1) is 11.3 Å². The second-order valence-electron chi connectivity index (χ2n) is 7.83. The minimum absolute atomic E-state index is 0.468. The van der Waals surface area contributed by atoms with Gasteiger partial charge in [0, 0.05) is 50.4 Å². The van der Waals surface area contributed by atoms with Crippen LogP contribution in [-0.4, -0.2) is 40.0 Å². The van der Waals surface area contributed by atoms with Gasteiger partial charge in [0.25, 0.3) is 0 Å². The van der Waals surface area contributed by atoms with Crippen molar-refractivity contribution in [3.05, 3.63) is 53.3 Å². The Morgan fingerprint density at radius 2 is 2.10 bits per heavy atom. The average molecular weight is 388 g/mol. The number of hydrogen-bond acceptors (Lipinski definition) is 7. The molecule has 0 radical (unpaired) electrons. The quantitative estimate of drug-likeness (QED) is 0.861. The molecular formula is C22H24N6O. The lowest BCUT2D eigenvalue weighted by atomic mass is 9.81. The highest BCUT2D eigenvalue weighted by atomic mass is 16.6. The van der Waals surface area contributed by atoms with E-state index in [1.807, 2.05) is 30.6 Å². The molecule has 0 amide bonds. The number of pyridine rings is 2. The molecule has 1 saturated heterocycles. The molecule has 1 saturated carbocycles. The third kappa shape index (κ3) is 3.30. The van der Waals surface area contributed by atoms with Crippen LogP contribution in [0.1, 0.15) is 43.1 Å². The largest absolute Gasteiger partial charge is 0.387 e. The zero-order valence-electron chi connectivity index (χ0n) is 16.5. The molecule has 148 valence electrons. The molecule has 1 N–H and O–H groups in total. The van der Waals surface area contributed by atoms with Crippen molar-refractivity contribution in [3.63, 3.8) is 0 Å². The van der Waals surface area contributed by atoms with E-state index in [9.17, 15) is 0 Å². The summed E-state index contributed by atoms with van der Waals surface area (Å²) in [5, 5.41) is 8.97. The second kappa shape index (κ2) is 7.37. The van der Waals surface area contributed by atoms with Crippen molar-refractivity contribution >= 4 is 17.5 Å². The summed E-state index contributed by atoms with van der Waals surface area (Å²) >= 11 is 0. The molecule has 5 rings (SSSR count). The van der Waals surface area contributed by atoms with Crippen molar-refractivity contribution in [1.29, 1.82) is 5.26 Å². The standard InChI is InChI=1S/C22H24N6O/c1-2-18-10-19-20(26-29-18)9-15(12-25-19)14-27-7-8-28(22-6-5-21(22)27)17-4-3-16(11-23)24-13-17/h3-4,9-10,12-13,21-22,26H,2,5-8,14H2,1H3/t21-,22+/m0/s1. The van der Waals surface area contributed by atoms with Gasteiger partial charge in [0.2, 0.25) is 0 Å². The molecule has 2 atom stereocenters. The summed E-state index contributed by atoms with van der Waals surface area (Å²) in [4.78, 5) is 19.5. The van der Waals surface area contributed by atoms with Gasteiger partial charge in [0.05, 0.1) is 23.3 Å². The highest BCUT2D eigenvalue weighted by Crippen LogP contribution is 2.37. The van der Waals surface area contributed by atoms with Gasteiger partial charge in [-0.2, -0.15) is 5.26 Å². The van der Waals surface area contributed by atoms with Crippen molar-refractivity contribution in [3.8, 4) is 6.07 Å². The maximum Gasteiger partial charge on any atom is 0.140 e. The van der Waals surface area contributed by atoms with Crippen LogP contribution in [0.3, 0.4) is 0 Å². The first-order valence-corrected chi connectivity index (χ1v) is 10.2. The smallest absolute Gasteiger partial charge is 0.140 e. The van der Waals surface area contributed by atoms with Crippen molar-refractivity contribution in [2.45, 2.75) is 44.8 Å². The van der Waals surface area contributed by atoms with E-state index in [1.54, 1.807) is 0 Å². The van der Waals surface area contributed by atoms with Gasteiger partial charge in [-0.3, -0.25) is 9.88 Å². The highest BCUT2D eigenvalue weighted by Gasteiger charge is 2.42. The average Bonchev–Trinajstić information content (AvgIpc) is 2.74. The summed E-state index contributed by atoms with van der Waals surface area (Å²) < 4.78 is 0. The summed E-state index contributed by atoms with van der Waals surface area (Å²) in [7, 11) is 0. The van der Waals surface area contributed by atoms with Gasteiger partial charge in [0.1, 0.15) is 17.5 Å². The summed E-state index contributed by atoms with van der Waals surface area (Å²) in [6, 6.07) is 9.13. The maximum atomic E-state index is 8.97. The fourth-order valence-corrected chi connectivity index (χ4v) is 4.47. The van der Waals surface area contributed by atoms with Crippen molar-refractivity contribution < 1.29 is 4.84 Å². The van der Waals surface area contributed by atoms with E-state index >= 15 is 0 Å². The predicted molar refractivity (Wildman–Crippen MR) is 111 cm³/mol. The van der Waals surface area contributed by atoms with Gasteiger partial charge in [-0.05, 0) is 36.6 Å². The summed E-state index contributed by atoms with van der Waals surface area (Å²) in [6.45, 7) is 4.93. The molecule has 0 unspecified atom stereocenters. The van der Waals surface area contributed by atoms with Crippen LogP contribution >= 0.6 is 0 Å². The molecule has 0 spiro atoms. The molecule has 7 nitrogen and oxygen atoms in total. The summed E-state index contributed by atoms with van der Waals surface area (Å²) in [5.74, 6) is 0.906. The number of nitriles is 1. The molecule has 1 aliphatic carbocycles. The van der Waals surface area contributed by atoms with E-state index in [0.29, 0.717) is 17.8 Å². The fraction of sp³-hybridized carbons (Fsp3) is 0.409. The van der Waals surface area contributed by atoms with Gasteiger partial charge in [-0.25, -0.2) is 10.5 Å². The lowest BCUT2D eigenvalue weighted by Gasteiger charge is -2.54. The summed E-state index contributed by atoms with van der Waals surface area (Å²) in [6.07, 6.45) is 9.08. The second-order valence-corrected chi connectivity index (χ2v) is 7.83. The lowest BCUT2D eigenvalue weighted by molar-refractivity contribution is 0.0658. The van der Waals surface area contributed by atoms with E-state index in [1.165, 1.54) is 18.4 Å². The van der Waals surface area contributed by atoms with Crippen LogP contribution < -0.4 is 10.4 Å². The number of allylic oxidation sites excluding steroid dienone is 1. The zero-order chi connectivity index (χ0) is 19.8. The number of nitrogens with one attached hydrogen (secondary N) is 1. The number of anilines is 2. The van der Waals surface area contributed by atoms with Gasteiger partial charge in [-0.15, -0.1) is 0 Å². The normalized spacial score (nSPS) is 22.9. The van der Waals surface area contributed by atoms with E-state index in [2.05, 4.69) is 44.3 Å². The molecule has 2 aromatic heterocycles. The van der Waals surface area contributed by atoms with Gasteiger partial charge < -0.3 is 9.74 Å². The fourth-order valence-electron chi connectivity index (χ4n) is 4.47. The Hall–Kier alpha value is -3.11. The van der Waals surface area contributed by atoms with Crippen LogP contribution in [0.4, 0.5) is 11.4 Å². The molecule has 0 bridgehead atoms. The number of piperazine rings is 1. The minimum Gasteiger partial charge on any atom is -0.387 e. The number of nitrogens with zero attached hydrogens (tertiary/aromatic N) is 5. The van der Waals surface area contributed by atoms with Crippen LogP contribution in [-0.2, 0) is 11.4 Å². The van der Waals surface area contributed by atoms with E-state index < -0.39 is 0 Å². The van der Waals surface area contributed by atoms with E-state index in [4.69, 9.17) is 10.1 Å². The van der Waals surface area contributed by atoms with Crippen LogP contribution in [0.5, 0.6) is 0 Å². The number of aromatic nitrogens is 2. The topological polar surface area (TPSA) is 77.3 Å². The third-order valence-electron chi connectivity index (χ3n) is 6.19. The van der Waals surface area contributed by atoms with Crippen LogP contribution in [0.25, 0.3) is 6.08 Å². The van der Waals surface area contributed by atoms with Crippen molar-refractivity contribution in [1.82, 2.24) is 14.9 Å². The highest BCUT2D eigenvalue weighted by molar-refractivity contribution is 5.66. The predicted octanol–water partition coefficient (Wildman–Crippen LogP) is 3.31. The van der Waals surface area contributed by atoms with E-state index in [-0.39, 0.29) is 0 Å². The Kier molecular flexibility index (Phi) is 4.57. The molecule has 2 fully saturated rings. The monoisotopic (exact) mass is 388 g/mol. The molecule has 4 heterocycles. The molecule has 0 aromatic carbocycles. The lowest BCUT2D eigenvalue weighted by Crippen LogP contribution is -2.64. The third-order valence-corrected chi connectivity index (χ3v) is 6.19. The molecule has 2 aromatic rings. The van der Waals surface area contributed by atoms with Crippen LogP contribution in [0.15, 0.2) is 36.4 Å². The molecule has 7 heteroatoms. The Morgan fingerprint density at radius 3 is 2.83 bits per heavy atom. The number of rotatable bonds is 4. The van der Waals surface area contributed by atoms with Crippen molar-refractivity contribution in [2.24, 2.45) is 0 Å². The van der Waals surface area contributed by atoms with Gasteiger partial charge in [-0.1, -0.05) is 6.92 Å². The zero-order valence-corrected chi connectivity index (χ0v) is 16.5. The Balaban J connectivity index is 1.28. The minimum atomic E-state index is 0.468. The molecule has 29 heavy (non-hydrogen) atoms. The number of hydrogen-bond donors (Lipinski definition) is 1. The van der Waals surface area contributed by atoms with Crippen LogP contribution in [0.2, 0.25) is 0 Å². The molecule has 3 aliphatic rings. The van der Waals surface area contributed by atoms with Gasteiger partial charge >= 0.3 is 0 Å². The van der Waals surface area contributed by atoms with E-state index in [0.717, 1.165) is 48.9 Å². The van der Waals surface area contributed by atoms with Gasteiger partial charge in [0.15, 0.2) is 0 Å².